The Balaban J connectivity index is 2.40. The van der Waals surface area contributed by atoms with Crippen molar-refractivity contribution in [3.63, 3.8) is 0 Å². The summed E-state index contributed by atoms with van der Waals surface area (Å²) in [7, 11) is -0.499. The summed E-state index contributed by atoms with van der Waals surface area (Å²) in [5.74, 6) is 0.678. The normalized spacial score (nSPS) is 22.8. The molecule has 0 bridgehead atoms. The van der Waals surface area contributed by atoms with Crippen molar-refractivity contribution in [1.82, 2.24) is 4.31 Å². The molecule has 0 heterocycles. The van der Waals surface area contributed by atoms with Crippen LogP contribution in [0.3, 0.4) is 0 Å². The molecule has 5 nitrogen and oxygen atoms in total. The van der Waals surface area contributed by atoms with E-state index in [1.165, 1.54) is 4.31 Å². The summed E-state index contributed by atoms with van der Waals surface area (Å²) in [6.07, 6.45) is 2.66. The van der Waals surface area contributed by atoms with Crippen molar-refractivity contribution in [2.24, 2.45) is 0 Å². The first-order chi connectivity index (χ1) is 10.3. The van der Waals surface area contributed by atoms with Gasteiger partial charge in [-0.3, -0.25) is 0 Å². The molecule has 1 saturated carbocycles. The minimum absolute atomic E-state index is 0.283. The molecule has 22 heavy (non-hydrogen) atoms. The number of ether oxygens (including phenoxy) is 1. The third-order valence-electron chi connectivity index (χ3n) is 4.73. The van der Waals surface area contributed by atoms with Gasteiger partial charge in [0.2, 0.25) is 10.0 Å². The molecular weight excluding hydrogens is 302 g/mol. The molecule has 1 aromatic rings. The lowest BCUT2D eigenvalue weighted by Gasteiger charge is -2.34. The largest absolute Gasteiger partial charge is 0.496 e. The molecule has 0 amide bonds. The summed E-state index contributed by atoms with van der Waals surface area (Å²) >= 11 is 0. The third kappa shape index (κ3) is 3.00. The van der Waals surface area contributed by atoms with Crippen LogP contribution in [0.5, 0.6) is 5.75 Å². The number of nitrogens with zero attached hydrogens (tertiary/aromatic N) is 1. The average molecular weight is 327 g/mol. The number of benzene rings is 1. The monoisotopic (exact) mass is 327 g/mol. The van der Waals surface area contributed by atoms with Crippen molar-refractivity contribution in [2.75, 3.05) is 14.2 Å². The summed E-state index contributed by atoms with van der Waals surface area (Å²) in [5.41, 5.74) is 1.51. The molecule has 0 radical (unpaired) electrons. The molecule has 1 fully saturated rings. The van der Waals surface area contributed by atoms with Crippen LogP contribution in [0, 0.1) is 13.8 Å². The van der Waals surface area contributed by atoms with Crippen LogP contribution < -0.4 is 4.74 Å². The highest BCUT2D eigenvalue weighted by molar-refractivity contribution is 7.89. The van der Waals surface area contributed by atoms with Crippen LogP contribution in [0.1, 0.15) is 36.8 Å². The van der Waals surface area contributed by atoms with Gasteiger partial charge in [-0.05, 0) is 49.9 Å². The lowest BCUT2D eigenvalue weighted by Crippen LogP contribution is -2.46. The van der Waals surface area contributed by atoms with Crippen LogP contribution in [0.25, 0.3) is 0 Å². The van der Waals surface area contributed by atoms with Gasteiger partial charge >= 0.3 is 0 Å². The van der Waals surface area contributed by atoms with E-state index in [-0.39, 0.29) is 10.9 Å². The predicted octanol–water partition coefficient (Wildman–Crippen LogP) is 2.24. The Morgan fingerprint density at radius 1 is 1.18 bits per heavy atom. The number of hydrogen-bond acceptors (Lipinski definition) is 4. The standard InChI is InChI=1S/C16H25NO4S/c1-11-12(2)16(10-9-15(11)21-4)22(19,20)17(3)13-7-5-6-8-14(13)18/h9-10,13-14,18H,5-8H2,1-4H3/t13-,14-/m1/s1. The second kappa shape index (κ2) is 6.56. The molecular formula is C16H25NO4S. The van der Waals surface area contributed by atoms with E-state index >= 15 is 0 Å². The first-order valence-corrected chi connectivity index (χ1v) is 9.05. The molecule has 2 rings (SSSR count). The van der Waals surface area contributed by atoms with E-state index in [2.05, 4.69) is 0 Å². The van der Waals surface area contributed by atoms with Gasteiger partial charge in [0.05, 0.1) is 24.2 Å². The van der Waals surface area contributed by atoms with E-state index in [0.29, 0.717) is 24.2 Å². The summed E-state index contributed by atoms with van der Waals surface area (Å²) in [6.45, 7) is 3.64. The van der Waals surface area contributed by atoms with Crippen molar-refractivity contribution in [2.45, 2.75) is 56.6 Å². The van der Waals surface area contributed by atoms with Gasteiger partial charge in [0, 0.05) is 7.05 Å². The van der Waals surface area contributed by atoms with E-state index in [1.54, 1.807) is 33.2 Å². The SMILES string of the molecule is COc1ccc(S(=O)(=O)N(C)[C@@H]2CCCC[C@H]2O)c(C)c1C. The van der Waals surface area contributed by atoms with Gasteiger partial charge in [-0.25, -0.2) is 8.42 Å². The van der Waals surface area contributed by atoms with Gasteiger partial charge in [-0.1, -0.05) is 12.8 Å². The second-order valence-corrected chi connectivity index (χ2v) is 7.92. The zero-order chi connectivity index (χ0) is 16.5. The number of sulfonamides is 1. The molecule has 0 aromatic heterocycles. The fraction of sp³-hybridized carbons (Fsp3) is 0.625. The van der Waals surface area contributed by atoms with E-state index in [1.807, 2.05) is 6.92 Å². The zero-order valence-electron chi connectivity index (χ0n) is 13.7. The minimum atomic E-state index is -3.63. The quantitative estimate of drug-likeness (QED) is 0.921. The Labute approximate surface area is 133 Å². The number of rotatable bonds is 4. The van der Waals surface area contributed by atoms with Crippen LogP contribution in [0.4, 0.5) is 0 Å². The molecule has 0 aliphatic heterocycles. The number of aliphatic hydroxyl groups excluding tert-OH is 1. The molecule has 1 aliphatic rings. The molecule has 1 N–H and O–H groups in total. The van der Waals surface area contributed by atoms with Crippen molar-refractivity contribution in [1.29, 1.82) is 0 Å². The van der Waals surface area contributed by atoms with Crippen LogP contribution in [0.15, 0.2) is 17.0 Å². The maximum Gasteiger partial charge on any atom is 0.243 e. The molecule has 1 aromatic carbocycles. The molecule has 1 aliphatic carbocycles. The molecule has 0 saturated heterocycles. The Morgan fingerprint density at radius 2 is 1.82 bits per heavy atom. The summed E-state index contributed by atoms with van der Waals surface area (Å²) < 4.78 is 32.4. The average Bonchev–Trinajstić information content (AvgIpc) is 2.49. The number of methoxy groups -OCH3 is 1. The Hall–Kier alpha value is -1.11. The van der Waals surface area contributed by atoms with Gasteiger partial charge in [0.1, 0.15) is 5.75 Å². The molecule has 124 valence electrons. The number of hydrogen-bond donors (Lipinski definition) is 1. The predicted molar refractivity (Wildman–Crippen MR) is 85.7 cm³/mol. The van der Waals surface area contributed by atoms with Gasteiger partial charge in [0.25, 0.3) is 0 Å². The van der Waals surface area contributed by atoms with Gasteiger partial charge in [-0.2, -0.15) is 4.31 Å². The maximum absolute atomic E-state index is 12.9. The third-order valence-corrected chi connectivity index (χ3v) is 6.75. The summed E-state index contributed by atoms with van der Waals surface area (Å²) in [5, 5.41) is 10.1. The summed E-state index contributed by atoms with van der Waals surface area (Å²) in [4.78, 5) is 0.283. The van der Waals surface area contributed by atoms with Crippen LogP contribution in [-0.2, 0) is 10.0 Å². The van der Waals surface area contributed by atoms with Crippen molar-refractivity contribution < 1.29 is 18.3 Å². The Bertz CT molecular complexity index is 642. The highest BCUT2D eigenvalue weighted by Crippen LogP contribution is 2.31. The van der Waals surface area contributed by atoms with Gasteiger partial charge in [-0.15, -0.1) is 0 Å². The van der Waals surface area contributed by atoms with Crippen molar-refractivity contribution in [3.05, 3.63) is 23.3 Å². The fourth-order valence-corrected chi connectivity index (χ4v) is 4.81. The lowest BCUT2D eigenvalue weighted by molar-refractivity contribution is 0.0638. The molecule has 6 heteroatoms. The maximum atomic E-state index is 12.9. The minimum Gasteiger partial charge on any atom is -0.496 e. The lowest BCUT2D eigenvalue weighted by atomic mass is 9.93. The molecule has 0 unspecified atom stereocenters. The highest BCUT2D eigenvalue weighted by atomic mass is 32.2. The smallest absolute Gasteiger partial charge is 0.243 e. The van der Waals surface area contributed by atoms with Crippen molar-refractivity contribution in [3.8, 4) is 5.75 Å². The van der Waals surface area contributed by atoms with Gasteiger partial charge < -0.3 is 9.84 Å². The number of likely N-dealkylation sites (N-methyl/N-ethyl adjacent to an activating group) is 1. The second-order valence-electron chi connectivity index (χ2n) is 5.96. The first kappa shape index (κ1) is 17.2. The van der Waals surface area contributed by atoms with E-state index in [4.69, 9.17) is 4.74 Å². The van der Waals surface area contributed by atoms with Crippen LogP contribution in [0.2, 0.25) is 0 Å². The fourth-order valence-electron chi connectivity index (χ4n) is 3.12. The summed E-state index contributed by atoms with van der Waals surface area (Å²) in [6, 6.07) is 2.92. The van der Waals surface area contributed by atoms with Crippen LogP contribution in [-0.4, -0.2) is 44.1 Å². The Kier molecular flexibility index (Phi) is 5.14. The first-order valence-electron chi connectivity index (χ1n) is 7.61. The van der Waals surface area contributed by atoms with E-state index in [0.717, 1.165) is 18.4 Å². The van der Waals surface area contributed by atoms with E-state index < -0.39 is 16.1 Å². The van der Waals surface area contributed by atoms with Gasteiger partial charge in [0.15, 0.2) is 0 Å². The van der Waals surface area contributed by atoms with Crippen LogP contribution >= 0.6 is 0 Å². The van der Waals surface area contributed by atoms with Crippen molar-refractivity contribution >= 4 is 10.0 Å². The zero-order valence-corrected chi connectivity index (χ0v) is 14.5. The Morgan fingerprint density at radius 3 is 2.41 bits per heavy atom. The van der Waals surface area contributed by atoms with E-state index in [9.17, 15) is 13.5 Å². The topological polar surface area (TPSA) is 66.8 Å². The number of aliphatic hydroxyl groups is 1. The molecule has 2 atom stereocenters. The highest BCUT2D eigenvalue weighted by Gasteiger charge is 2.35. The molecule has 0 spiro atoms.